The van der Waals surface area contributed by atoms with Crippen molar-refractivity contribution in [1.29, 1.82) is 5.26 Å². The number of carbonyl (C=O) groups excluding carboxylic acids is 1. The first kappa shape index (κ1) is 13.0. The maximum atomic E-state index is 12.2. The van der Waals surface area contributed by atoms with E-state index in [2.05, 4.69) is 0 Å². The molecular formula is C13H16N2O2. The minimum Gasteiger partial charge on any atom is -0.496 e. The van der Waals surface area contributed by atoms with Crippen molar-refractivity contribution in [3.63, 3.8) is 0 Å². The molecule has 4 nitrogen and oxygen atoms in total. The van der Waals surface area contributed by atoms with Gasteiger partial charge in [-0.05, 0) is 18.6 Å². The molecule has 0 N–H and O–H groups in total. The minimum atomic E-state index is -0.161. The summed E-state index contributed by atoms with van der Waals surface area (Å²) in [4.78, 5) is 13.7. The molecule has 0 heterocycles. The van der Waals surface area contributed by atoms with Gasteiger partial charge in [0.2, 0.25) is 0 Å². The van der Waals surface area contributed by atoms with Crippen LogP contribution in [0.1, 0.15) is 23.7 Å². The highest BCUT2D eigenvalue weighted by Crippen LogP contribution is 2.19. The number of ether oxygens (including phenoxy) is 1. The summed E-state index contributed by atoms with van der Waals surface area (Å²) >= 11 is 0. The van der Waals surface area contributed by atoms with Crippen LogP contribution in [0.2, 0.25) is 0 Å². The Morgan fingerprint density at radius 3 is 2.76 bits per heavy atom. The maximum absolute atomic E-state index is 12.2. The first-order valence-corrected chi connectivity index (χ1v) is 5.53. The zero-order valence-electron chi connectivity index (χ0n) is 10.1. The van der Waals surface area contributed by atoms with Gasteiger partial charge in [0, 0.05) is 6.54 Å². The third-order valence-corrected chi connectivity index (χ3v) is 2.38. The van der Waals surface area contributed by atoms with Crippen molar-refractivity contribution in [1.82, 2.24) is 4.90 Å². The Balaban J connectivity index is 2.97. The van der Waals surface area contributed by atoms with Crippen LogP contribution in [0.5, 0.6) is 5.75 Å². The van der Waals surface area contributed by atoms with Crippen LogP contribution in [-0.2, 0) is 0 Å². The molecule has 1 aromatic rings. The predicted molar refractivity (Wildman–Crippen MR) is 64.8 cm³/mol. The van der Waals surface area contributed by atoms with Gasteiger partial charge in [0.1, 0.15) is 12.3 Å². The quantitative estimate of drug-likeness (QED) is 0.730. The van der Waals surface area contributed by atoms with Crippen molar-refractivity contribution in [3.8, 4) is 11.8 Å². The highest BCUT2D eigenvalue weighted by atomic mass is 16.5. The Kier molecular flexibility index (Phi) is 5.02. The lowest BCUT2D eigenvalue weighted by Gasteiger charge is -2.19. The molecular weight excluding hydrogens is 216 g/mol. The second-order valence-electron chi connectivity index (χ2n) is 3.59. The van der Waals surface area contributed by atoms with Gasteiger partial charge < -0.3 is 9.64 Å². The second kappa shape index (κ2) is 6.54. The summed E-state index contributed by atoms with van der Waals surface area (Å²) in [6, 6.07) is 9.05. The van der Waals surface area contributed by atoms with Crippen LogP contribution in [0.25, 0.3) is 0 Å². The van der Waals surface area contributed by atoms with Gasteiger partial charge in [-0.15, -0.1) is 0 Å². The Hall–Kier alpha value is -2.02. The van der Waals surface area contributed by atoms with Crippen molar-refractivity contribution >= 4 is 5.91 Å². The Morgan fingerprint density at radius 2 is 2.18 bits per heavy atom. The molecule has 0 atom stereocenters. The van der Waals surface area contributed by atoms with Crippen molar-refractivity contribution in [2.24, 2.45) is 0 Å². The van der Waals surface area contributed by atoms with E-state index < -0.39 is 0 Å². The van der Waals surface area contributed by atoms with Gasteiger partial charge in [-0.1, -0.05) is 19.1 Å². The molecule has 0 aliphatic rings. The third kappa shape index (κ3) is 3.22. The van der Waals surface area contributed by atoms with E-state index in [1.54, 1.807) is 18.2 Å². The van der Waals surface area contributed by atoms with E-state index in [0.717, 1.165) is 6.42 Å². The van der Waals surface area contributed by atoms with Gasteiger partial charge in [0.25, 0.3) is 5.91 Å². The van der Waals surface area contributed by atoms with Crippen LogP contribution in [0, 0.1) is 11.3 Å². The lowest BCUT2D eigenvalue weighted by Crippen LogP contribution is -2.32. The summed E-state index contributed by atoms with van der Waals surface area (Å²) in [6.07, 6.45) is 0.822. The van der Waals surface area contributed by atoms with Gasteiger partial charge in [-0.2, -0.15) is 5.26 Å². The fourth-order valence-corrected chi connectivity index (χ4v) is 1.60. The lowest BCUT2D eigenvalue weighted by atomic mass is 10.1. The summed E-state index contributed by atoms with van der Waals surface area (Å²) in [7, 11) is 1.53. The van der Waals surface area contributed by atoms with Crippen LogP contribution in [0.3, 0.4) is 0 Å². The third-order valence-electron chi connectivity index (χ3n) is 2.38. The van der Waals surface area contributed by atoms with Crippen LogP contribution in [0.4, 0.5) is 0 Å². The largest absolute Gasteiger partial charge is 0.496 e. The van der Waals surface area contributed by atoms with Gasteiger partial charge in [0.05, 0.1) is 18.7 Å². The van der Waals surface area contributed by atoms with Crippen molar-refractivity contribution < 1.29 is 9.53 Å². The van der Waals surface area contributed by atoms with E-state index in [1.165, 1.54) is 12.0 Å². The van der Waals surface area contributed by atoms with Crippen molar-refractivity contribution in [3.05, 3.63) is 29.8 Å². The summed E-state index contributed by atoms with van der Waals surface area (Å²) in [5, 5.41) is 8.71. The minimum absolute atomic E-state index is 0.102. The number of nitriles is 1. The van der Waals surface area contributed by atoms with E-state index >= 15 is 0 Å². The van der Waals surface area contributed by atoms with Crippen LogP contribution in [0.15, 0.2) is 24.3 Å². The maximum Gasteiger partial charge on any atom is 0.258 e. The molecule has 0 bridgehead atoms. The van der Waals surface area contributed by atoms with Gasteiger partial charge in [0.15, 0.2) is 0 Å². The molecule has 17 heavy (non-hydrogen) atoms. The molecule has 0 unspecified atom stereocenters. The highest BCUT2D eigenvalue weighted by molar-refractivity contribution is 5.97. The van der Waals surface area contributed by atoms with Crippen LogP contribution >= 0.6 is 0 Å². The second-order valence-corrected chi connectivity index (χ2v) is 3.59. The van der Waals surface area contributed by atoms with E-state index in [-0.39, 0.29) is 12.5 Å². The molecule has 1 rings (SSSR count). The average Bonchev–Trinajstić information content (AvgIpc) is 2.37. The molecule has 4 heteroatoms. The van der Waals surface area contributed by atoms with E-state index in [4.69, 9.17) is 10.00 Å². The molecule has 0 saturated carbocycles. The number of amides is 1. The number of carbonyl (C=O) groups is 1. The molecule has 0 aliphatic heterocycles. The predicted octanol–water partition coefficient (Wildman–Crippen LogP) is 2.07. The van der Waals surface area contributed by atoms with E-state index in [1.807, 2.05) is 19.1 Å². The smallest absolute Gasteiger partial charge is 0.258 e. The molecule has 1 aromatic carbocycles. The van der Waals surface area contributed by atoms with E-state index in [9.17, 15) is 4.79 Å². The number of hydrogen-bond acceptors (Lipinski definition) is 3. The topological polar surface area (TPSA) is 53.3 Å². The van der Waals surface area contributed by atoms with Gasteiger partial charge in [-0.25, -0.2) is 0 Å². The molecule has 0 fully saturated rings. The van der Waals surface area contributed by atoms with Crippen LogP contribution < -0.4 is 4.74 Å². The molecule has 0 aromatic heterocycles. The fourth-order valence-electron chi connectivity index (χ4n) is 1.60. The van der Waals surface area contributed by atoms with Gasteiger partial charge >= 0.3 is 0 Å². The van der Waals surface area contributed by atoms with Crippen molar-refractivity contribution in [2.45, 2.75) is 13.3 Å². The number of hydrogen-bond donors (Lipinski definition) is 0. The highest BCUT2D eigenvalue weighted by Gasteiger charge is 2.17. The number of methoxy groups -OCH3 is 1. The summed E-state index contributed by atoms with van der Waals surface area (Å²) in [5.41, 5.74) is 0.499. The Bertz CT molecular complexity index is 424. The SMILES string of the molecule is CCCN(CC#N)C(=O)c1ccccc1OC. The Morgan fingerprint density at radius 1 is 1.47 bits per heavy atom. The molecule has 0 saturated heterocycles. The summed E-state index contributed by atoms with van der Waals surface area (Å²) in [6.45, 7) is 2.65. The first-order valence-electron chi connectivity index (χ1n) is 5.53. The van der Waals surface area contributed by atoms with E-state index in [0.29, 0.717) is 17.9 Å². The molecule has 0 spiro atoms. The standard InChI is InChI=1S/C13H16N2O2/c1-3-9-15(10-8-14)13(16)11-6-4-5-7-12(11)17-2/h4-7H,3,9-10H2,1-2H3. The van der Waals surface area contributed by atoms with Crippen LogP contribution in [-0.4, -0.2) is 31.0 Å². The molecule has 0 aliphatic carbocycles. The average molecular weight is 232 g/mol. The summed E-state index contributed by atoms with van der Waals surface area (Å²) in [5.74, 6) is 0.377. The van der Waals surface area contributed by atoms with Gasteiger partial charge in [-0.3, -0.25) is 4.79 Å². The molecule has 1 amide bonds. The lowest BCUT2D eigenvalue weighted by molar-refractivity contribution is 0.0772. The number of para-hydroxylation sites is 1. The fraction of sp³-hybridized carbons (Fsp3) is 0.385. The monoisotopic (exact) mass is 232 g/mol. The molecule has 0 radical (unpaired) electrons. The first-order chi connectivity index (χ1) is 8.24. The normalized spacial score (nSPS) is 9.47. The number of benzene rings is 1. The zero-order chi connectivity index (χ0) is 12.7. The number of nitrogens with zero attached hydrogens (tertiary/aromatic N) is 2. The zero-order valence-corrected chi connectivity index (χ0v) is 10.1. The van der Waals surface area contributed by atoms with Crippen molar-refractivity contribution in [2.75, 3.05) is 20.2 Å². The summed E-state index contributed by atoms with van der Waals surface area (Å²) < 4.78 is 5.14. The molecule has 90 valence electrons. The number of rotatable bonds is 5. The Labute approximate surface area is 101 Å².